The number of hydrogen-bond donors (Lipinski definition) is 1. The number of imidazole rings is 1. The molecule has 2 rings (SSSR count). The van der Waals surface area contributed by atoms with Gasteiger partial charge in [0.15, 0.2) is 5.82 Å². The topological polar surface area (TPSA) is 43.3 Å². The van der Waals surface area contributed by atoms with E-state index in [0.29, 0.717) is 5.82 Å². The Balaban J connectivity index is 2.37. The van der Waals surface area contributed by atoms with Gasteiger partial charge in [-0.05, 0) is 47.3 Å². The molecule has 0 unspecified atom stereocenters. The van der Waals surface area contributed by atoms with E-state index in [1.165, 1.54) is 12.8 Å². The lowest BCUT2D eigenvalue weighted by atomic mass is 10.2. The van der Waals surface area contributed by atoms with Crippen molar-refractivity contribution in [1.82, 2.24) is 9.38 Å². The summed E-state index contributed by atoms with van der Waals surface area (Å²) in [5.74, 6) is 6.87. The molecule has 19 heavy (non-hydrogen) atoms. The number of pyridine rings is 1. The maximum Gasteiger partial charge on any atom is 0.159 e. The number of nitrogens with two attached hydrogens (primary N) is 1. The van der Waals surface area contributed by atoms with E-state index < -0.39 is 0 Å². The van der Waals surface area contributed by atoms with Gasteiger partial charge in [-0.3, -0.25) is 4.40 Å². The van der Waals surface area contributed by atoms with Gasteiger partial charge in [0.2, 0.25) is 0 Å². The van der Waals surface area contributed by atoms with E-state index >= 15 is 0 Å². The van der Waals surface area contributed by atoms with Crippen LogP contribution in [0.15, 0.2) is 16.6 Å². The van der Waals surface area contributed by atoms with Crippen LogP contribution in [0.5, 0.6) is 0 Å². The molecule has 0 aliphatic heterocycles. The number of rotatable bonds is 3. The lowest BCUT2D eigenvalue weighted by Crippen LogP contribution is -1.96. The molecule has 0 aliphatic carbocycles. The average molecular weight is 320 g/mol. The Bertz CT molecular complexity index is 647. The molecule has 2 heterocycles. The first kappa shape index (κ1) is 14.0. The fraction of sp³-hybridized carbons (Fsp3) is 0.400. The first-order chi connectivity index (χ1) is 9.15. The minimum Gasteiger partial charge on any atom is -0.381 e. The van der Waals surface area contributed by atoms with E-state index in [-0.39, 0.29) is 0 Å². The quantitative estimate of drug-likeness (QED) is 0.688. The zero-order valence-electron chi connectivity index (χ0n) is 11.3. The summed E-state index contributed by atoms with van der Waals surface area (Å²) in [6.07, 6.45) is 4.49. The molecule has 0 spiro atoms. The van der Waals surface area contributed by atoms with Gasteiger partial charge >= 0.3 is 0 Å². The molecule has 0 saturated heterocycles. The highest BCUT2D eigenvalue weighted by Gasteiger charge is 2.10. The van der Waals surface area contributed by atoms with Crippen LogP contribution in [-0.2, 0) is 0 Å². The molecule has 2 N–H and O–H groups in total. The molecular weight excluding hydrogens is 302 g/mol. The highest BCUT2D eigenvalue weighted by atomic mass is 79.9. The molecule has 0 aromatic carbocycles. The lowest BCUT2D eigenvalue weighted by Gasteiger charge is -2.03. The lowest BCUT2D eigenvalue weighted by molar-refractivity contribution is 0.737. The number of aryl methyl sites for hydroxylation is 1. The standard InChI is InChI=1S/C15H18BrN3/c1-3-4-5-6-7-8-13-15(17)18-14-10-9-12(16)11(2)19(13)14/h9-10H,3-6,17H2,1-2H3. The second-order valence-electron chi connectivity index (χ2n) is 4.56. The molecule has 2 aromatic rings. The van der Waals surface area contributed by atoms with Gasteiger partial charge in [-0.2, -0.15) is 0 Å². The van der Waals surface area contributed by atoms with Gasteiger partial charge in [0.25, 0.3) is 0 Å². The maximum atomic E-state index is 5.96. The zero-order chi connectivity index (χ0) is 13.8. The number of nitrogen functional groups attached to an aromatic ring is 1. The summed E-state index contributed by atoms with van der Waals surface area (Å²) in [6, 6.07) is 3.92. The van der Waals surface area contributed by atoms with Gasteiger partial charge < -0.3 is 5.73 Å². The Morgan fingerprint density at radius 2 is 2.16 bits per heavy atom. The molecule has 100 valence electrons. The third-order valence-electron chi connectivity index (χ3n) is 3.10. The summed E-state index contributed by atoms with van der Waals surface area (Å²) in [7, 11) is 0. The minimum atomic E-state index is 0.504. The van der Waals surface area contributed by atoms with Crippen molar-refractivity contribution < 1.29 is 0 Å². The number of hydrogen-bond acceptors (Lipinski definition) is 2. The van der Waals surface area contributed by atoms with Crippen LogP contribution in [0.2, 0.25) is 0 Å². The predicted molar refractivity (Wildman–Crippen MR) is 83.1 cm³/mol. The Labute approximate surface area is 122 Å². The van der Waals surface area contributed by atoms with Crippen LogP contribution in [0.4, 0.5) is 5.82 Å². The van der Waals surface area contributed by atoms with Crippen LogP contribution in [0.25, 0.3) is 5.65 Å². The van der Waals surface area contributed by atoms with Gasteiger partial charge in [-0.25, -0.2) is 4.98 Å². The van der Waals surface area contributed by atoms with Crippen LogP contribution in [-0.4, -0.2) is 9.38 Å². The molecule has 3 nitrogen and oxygen atoms in total. The summed E-state index contributed by atoms with van der Waals surface area (Å²) >= 11 is 3.52. The van der Waals surface area contributed by atoms with Gasteiger partial charge in [-0.15, -0.1) is 0 Å². The van der Waals surface area contributed by atoms with E-state index in [9.17, 15) is 0 Å². The van der Waals surface area contributed by atoms with Crippen molar-refractivity contribution in [1.29, 1.82) is 0 Å². The molecule has 0 amide bonds. The number of anilines is 1. The smallest absolute Gasteiger partial charge is 0.159 e. The normalized spacial score (nSPS) is 10.5. The Kier molecular flexibility index (Phi) is 4.49. The Morgan fingerprint density at radius 1 is 1.37 bits per heavy atom. The van der Waals surface area contributed by atoms with Gasteiger partial charge in [0.1, 0.15) is 11.3 Å². The van der Waals surface area contributed by atoms with E-state index in [2.05, 4.69) is 39.7 Å². The van der Waals surface area contributed by atoms with E-state index in [1.54, 1.807) is 0 Å². The van der Waals surface area contributed by atoms with Crippen LogP contribution < -0.4 is 5.73 Å². The number of nitrogens with zero attached hydrogens (tertiary/aromatic N) is 2. The molecule has 4 heteroatoms. The monoisotopic (exact) mass is 319 g/mol. The van der Waals surface area contributed by atoms with Crippen molar-refractivity contribution >= 4 is 27.4 Å². The van der Waals surface area contributed by atoms with Crippen molar-refractivity contribution in [2.75, 3.05) is 5.73 Å². The van der Waals surface area contributed by atoms with Crippen molar-refractivity contribution in [3.63, 3.8) is 0 Å². The Morgan fingerprint density at radius 3 is 2.89 bits per heavy atom. The Hall–Kier alpha value is -1.47. The second-order valence-corrected chi connectivity index (χ2v) is 5.42. The van der Waals surface area contributed by atoms with Crippen LogP contribution in [0.3, 0.4) is 0 Å². The molecule has 0 radical (unpaired) electrons. The SMILES string of the molecule is CCCCCC#Cc1c(N)nc2ccc(Br)c(C)n12. The number of unbranched alkanes of at least 4 members (excludes halogenated alkanes) is 3. The highest BCUT2D eigenvalue weighted by Crippen LogP contribution is 2.22. The predicted octanol–water partition coefficient (Wildman–Crippen LogP) is 3.92. The molecule has 0 saturated carbocycles. The number of fused-ring (bicyclic) bond motifs is 1. The van der Waals surface area contributed by atoms with E-state index in [1.807, 2.05) is 23.5 Å². The van der Waals surface area contributed by atoms with Crippen molar-refractivity contribution in [2.45, 2.75) is 39.5 Å². The third kappa shape index (κ3) is 2.93. The van der Waals surface area contributed by atoms with Crippen LogP contribution in [0.1, 0.15) is 44.0 Å². The van der Waals surface area contributed by atoms with Crippen LogP contribution in [0, 0.1) is 18.8 Å². The van der Waals surface area contributed by atoms with Crippen molar-refractivity contribution in [3.05, 3.63) is 28.0 Å². The van der Waals surface area contributed by atoms with Gasteiger partial charge in [0, 0.05) is 16.6 Å². The van der Waals surface area contributed by atoms with Crippen molar-refractivity contribution in [2.24, 2.45) is 0 Å². The molecule has 0 fully saturated rings. The van der Waals surface area contributed by atoms with E-state index in [4.69, 9.17) is 5.73 Å². The zero-order valence-corrected chi connectivity index (χ0v) is 12.9. The fourth-order valence-electron chi connectivity index (χ4n) is 2.01. The summed E-state index contributed by atoms with van der Waals surface area (Å²) in [5.41, 5.74) is 8.67. The summed E-state index contributed by atoms with van der Waals surface area (Å²) in [5, 5.41) is 0. The van der Waals surface area contributed by atoms with Crippen molar-refractivity contribution in [3.8, 4) is 11.8 Å². The molecule has 0 bridgehead atoms. The molecular formula is C15H18BrN3. The summed E-state index contributed by atoms with van der Waals surface area (Å²) in [6.45, 7) is 4.22. The number of halogens is 1. The average Bonchev–Trinajstić information content (AvgIpc) is 2.71. The first-order valence-corrected chi connectivity index (χ1v) is 7.36. The van der Waals surface area contributed by atoms with E-state index in [0.717, 1.165) is 34.3 Å². The summed E-state index contributed by atoms with van der Waals surface area (Å²) < 4.78 is 3.04. The fourth-order valence-corrected chi connectivity index (χ4v) is 2.32. The molecule has 0 aliphatic rings. The minimum absolute atomic E-state index is 0.504. The number of aromatic nitrogens is 2. The maximum absolute atomic E-state index is 5.96. The van der Waals surface area contributed by atoms with Gasteiger partial charge in [0.05, 0.1) is 0 Å². The molecule has 2 aromatic heterocycles. The van der Waals surface area contributed by atoms with Gasteiger partial charge in [-0.1, -0.05) is 25.7 Å². The highest BCUT2D eigenvalue weighted by molar-refractivity contribution is 9.10. The van der Waals surface area contributed by atoms with Crippen LogP contribution >= 0.6 is 15.9 Å². The molecule has 0 atom stereocenters. The third-order valence-corrected chi connectivity index (χ3v) is 3.94. The largest absolute Gasteiger partial charge is 0.381 e. The first-order valence-electron chi connectivity index (χ1n) is 6.57. The summed E-state index contributed by atoms with van der Waals surface area (Å²) in [4.78, 5) is 4.35. The second kappa shape index (κ2) is 6.12.